The highest BCUT2D eigenvalue weighted by atomic mass is 16.3. The highest BCUT2D eigenvalue weighted by Gasteiger charge is 2.38. The molecule has 0 aromatic carbocycles. The first kappa shape index (κ1) is 6.38. The summed E-state index contributed by atoms with van der Waals surface area (Å²) >= 11 is 0. The van der Waals surface area contributed by atoms with Crippen molar-refractivity contribution in [2.45, 2.75) is 25.0 Å². The average molecular weight is 140 g/mol. The van der Waals surface area contributed by atoms with Gasteiger partial charge in [0.25, 0.3) is 0 Å². The van der Waals surface area contributed by atoms with Gasteiger partial charge in [0.2, 0.25) is 0 Å². The molecule has 56 valence electrons. The Kier molecular flexibility index (Phi) is 1.32. The van der Waals surface area contributed by atoms with E-state index < -0.39 is 12.2 Å². The Balaban J connectivity index is 2.25. The third-order valence-electron chi connectivity index (χ3n) is 2.67. The molecule has 3 aliphatic rings. The molecule has 0 aliphatic heterocycles. The molecule has 0 aromatic heterocycles. The van der Waals surface area contributed by atoms with Crippen LogP contribution in [-0.2, 0) is 0 Å². The number of hydrogen-bond acceptors (Lipinski definition) is 2. The number of aliphatic hydroxyl groups is 2. The van der Waals surface area contributed by atoms with E-state index in [9.17, 15) is 10.2 Å². The van der Waals surface area contributed by atoms with Crippen molar-refractivity contribution in [3.8, 4) is 0 Å². The quantitative estimate of drug-likeness (QED) is 0.475. The summed E-state index contributed by atoms with van der Waals surface area (Å²) in [6, 6.07) is 0. The smallest absolute Gasteiger partial charge is 0.0867 e. The van der Waals surface area contributed by atoms with Crippen LogP contribution in [-0.4, -0.2) is 22.4 Å². The Labute approximate surface area is 60.2 Å². The van der Waals surface area contributed by atoms with Crippen LogP contribution < -0.4 is 0 Å². The van der Waals surface area contributed by atoms with Crippen LogP contribution in [0, 0.1) is 11.8 Å². The van der Waals surface area contributed by atoms with Crippen LogP contribution >= 0.6 is 0 Å². The lowest BCUT2D eigenvalue weighted by Crippen LogP contribution is -2.44. The van der Waals surface area contributed by atoms with Gasteiger partial charge in [-0.25, -0.2) is 0 Å². The minimum Gasteiger partial charge on any atom is -0.390 e. The van der Waals surface area contributed by atoms with Gasteiger partial charge < -0.3 is 10.2 Å². The number of hydrogen-bond donors (Lipinski definition) is 2. The highest BCUT2D eigenvalue weighted by Crippen LogP contribution is 2.36. The van der Waals surface area contributed by atoms with Crippen molar-refractivity contribution in [1.29, 1.82) is 0 Å². The molecule has 10 heavy (non-hydrogen) atoms. The number of rotatable bonds is 0. The van der Waals surface area contributed by atoms with E-state index in [1.165, 1.54) is 0 Å². The topological polar surface area (TPSA) is 40.5 Å². The molecule has 0 radical (unpaired) electrons. The normalized spacial score (nSPS) is 51.8. The van der Waals surface area contributed by atoms with Crippen molar-refractivity contribution < 1.29 is 10.2 Å². The van der Waals surface area contributed by atoms with Crippen LogP contribution in [0.2, 0.25) is 0 Å². The van der Waals surface area contributed by atoms with E-state index in [0.717, 1.165) is 12.8 Å². The van der Waals surface area contributed by atoms with Gasteiger partial charge in [-0.2, -0.15) is 0 Å². The lowest BCUT2D eigenvalue weighted by Gasteiger charge is -2.39. The summed E-state index contributed by atoms with van der Waals surface area (Å²) in [7, 11) is 0. The minimum atomic E-state index is -0.497. The largest absolute Gasteiger partial charge is 0.390 e. The van der Waals surface area contributed by atoms with Gasteiger partial charge in [0, 0.05) is 11.8 Å². The van der Waals surface area contributed by atoms with Crippen LogP contribution in [0.5, 0.6) is 0 Å². The standard InChI is InChI=1S/C8H12O2/c9-7-5-1-2-6(4-3-5)8(7)10/h1-2,5-10H,3-4H2/t5-,6+,7+,8-. The molecule has 0 aromatic rings. The summed E-state index contributed by atoms with van der Waals surface area (Å²) < 4.78 is 0. The Hall–Kier alpha value is -0.340. The first-order valence-electron chi connectivity index (χ1n) is 3.83. The zero-order chi connectivity index (χ0) is 7.14. The van der Waals surface area contributed by atoms with E-state index >= 15 is 0 Å². The molecule has 2 bridgehead atoms. The second kappa shape index (κ2) is 2.07. The zero-order valence-corrected chi connectivity index (χ0v) is 5.77. The Morgan fingerprint density at radius 3 is 1.50 bits per heavy atom. The van der Waals surface area contributed by atoms with Gasteiger partial charge in [-0.15, -0.1) is 0 Å². The molecule has 1 fully saturated rings. The predicted octanol–water partition coefficient (Wildman–Crippen LogP) is 0.304. The van der Waals surface area contributed by atoms with Crippen LogP contribution in [0.1, 0.15) is 12.8 Å². The van der Waals surface area contributed by atoms with Crippen molar-refractivity contribution >= 4 is 0 Å². The van der Waals surface area contributed by atoms with Crippen LogP contribution in [0.3, 0.4) is 0 Å². The van der Waals surface area contributed by atoms with E-state index in [-0.39, 0.29) is 11.8 Å². The van der Waals surface area contributed by atoms with E-state index in [4.69, 9.17) is 0 Å². The van der Waals surface area contributed by atoms with E-state index in [1.54, 1.807) is 0 Å². The van der Waals surface area contributed by atoms with Gasteiger partial charge in [0.05, 0.1) is 12.2 Å². The third kappa shape index (κ3) is 0.724. The molecule has 0 spiro atoms. The molecule has 0 heterocycles. The summed E-state index contributed by atoms with van der Waals surface area (Å²) in [4.78, 5) is 0. The maximum absolute atomic E-state index is 9.37. The molecule has 0 amide bonds. The second-order valence-electron chi connectivity index (χ2n) is 3.27. The van der Waals surface area contributed by atoms with Gasteiger partial charge in [0.15, 0.2) is 0 Å². The highest BCUT2D eigenvalue weighted by molar-refractivity contribution is 5.10. The lowest BCUT2D eigenvalue weighted by molar-refractivity contribution is -0.0608. The molecule has 0 saturated heterocycles. The Bertz CT molecular complexity index is 147. The summed E-state index contributed by atoms with van der Waals surface area (Å²) in [5.41, 5.74) is 0. The molecular weight excluding hydrogens is 128 g/mol. The lowest BCUT2D eigenvalue weighted by atomic mass is 9.72. The fourth-order valence-corrected chi connectivity index (χ4v) is 1.94. The Morgan fingerprint density at radius 2 is 1.30 bits per heavy atom. The van der Waals surface area contributed by atoms with Gasteiger partial charge in [-0.3, -0.25) is 0 Å². The molecule has 2 N–H and O–H groups in total. The van der Waals surface area contributed by atoms with Crippen LogP contribution in [0.25, 0.3) is 0 Å². The minimum absolute atomic E-state index is 0.222. The van der Waals surface area contributed by atoms with Crippen molar-refractivity contribution in [3.05, 3.63) is 12.2 Å². The van der Waals surface area contributed by atoms with Crippen molar-refractivity contribution in [3.63, 3.8) is 0 Å². The monoisotopic (exact) mass is 140 g/mol. The molecule has 1 saturated carbocycles. The average Bonchev–Trinajstić information content (AvgIpc) is 2.00. The first-order valence-corrected chi connectivity index (χ1v) is 3.83. The summed E-state index contributed by atoms with van der Waals surface area (Å²) in [5, 5.41) is 18.7. The predicted molar refractivity (Wildman–Crippen MR) is 37.4 cm³/mol. The maximum Gasteiger partial charge on any atom is 0.0867 e. The second-order valence-corrected chi connectivity index (χ2v) is 3.27. The van der Waals surface area contributed by atoms with E-state index in [1.807, 2.05) is 12.2 Å². The van der Waals surface area contributed by atoms with Crippen LogP contribution in [0.15, 0.2) is 12.2 Å². The molecular formula is C8H12O2. The van der Waals surface area contributed by atoms with Gasteiger partial charge in [-0.05, 0) is 12.8 Å². The summed E-state index contributed by atoms with van der Waals surface area (Å²) in [5.74, 6) is 0.444. The molecule has 3 aliphatic carbocycles. The maximum atomic E-state index is 9.37. The first-order chi connectivity index (χ1) is 4.79. The van der Waals surface area contributed by atoms with Gasteiger partial charge >= 0.3 is 0 Å². The van der Waals surface area contributed by atoms with Crippen molar-refractivity contribution in [1.82, 2.24) is 0 Å². The fraction of sp³-hybridized carbons (Fsp3) is 0.750. The zero-order valence-electron chi connectivity index (χ0n) is 5.77. The van der Waals surface area contributed by atoms with E-state index in [0.29, 0.717) is 0 Å². The van der Waals surface area contributed by atoms with Gasteiger partial charge in [0.1, 0.15) is 0 Å². The third-order valence-corrected chi connectivity index (χ3v) is 2.67. The molecule has 0 unspecified atom stereocenters. The van der Waals surface area contributed by atoms with Crippen LogP contribution in [0.4, 0.5) is 0 Å². The molecule has 2 nitrogen and oxygen atoms in total. The van der Waals surface area contributed by atoms with Gasteiger partial charge in [-0.1, -0.05) is 12.2 Å². The summed E-state index contributed by atoms with van der Waals surface area (Å²) in [6.45, 7) is 0. The number of fused-ring (bicyclic) bond motifs is 2. The molecule has 4 atom stereocenters. The molecule has 2 heteroatoms. The fourth-order valence-electron chi connectivity index (χ4n) is 1.94. The van der Waals surface area contributed by atoms with Crippen molar-refractivity contribution in [2.24, 2.45) is 11.8 Å². The SMILES string of the molecule is O[C@@H]1[C@H](O)[C@H]2C=C[C@@H]1CC2. The number of aliphatic hydroxyl groups excluding tert-OH is 2. The summed E-state index contributed by atoms with van der Waals surface area (Å²) in [6.07, 6.45) is 5.16. The Morgan fingerprint density at radius 1 is 0.900 bits per heavy atom. The van der Waals surface area contributed by atoms with Crippen molar-refractivity contribution in [2.75, 3.05) is 0 Å². The molecule has 3 rings (SSSR count). The van der Waals surface area contributed by atoms with E-state index in [2.05, 4.69) is 0 Å².